The van der Waals surface area contributed by atoms with Gasteiger partial charge in [-0.15, -0.1) is 0 Å². The molecule has 1 unspecified atom stereocenters. The van der Waals surface area contributed by atoms with Gasteiger partial charge in [0, 0.05) is 5.56 Å². The molecule has 3 rings (SSSR count). The van der Waals surface area contributed by atoms with Crippen LogP contribution in [0.5, 0.6) is 5.75 Å². The van der Waals surface area contributed by atoms with E-state index in [9.17, 15) is 4.79 Å². The first-order valence-corrected chi connectivity index (χ1v) is 9.67. The van der Waals surface area contributed by atoms with Crippen LogP contribution >= 0.6 is 0 Å². The molecule has 0 bridgehead atoms. The maximum Gasteiger partial charge on any atom is 0.251 e. The average molecular weight is 373 g/mol. The van der Waals surface area contributed by atoms with E-state index in [1.54, 1.807) is 7.11 Å². The second-order valence-electron chi connectivity index (χ2n) is 7.37. The lowest BCUT2D eigenvalue weighted by Crippen LogP contribution is -2.29. The van der Waals surface area contributed by atoms with Gasteiger partial charge in [0.15, 0.2) is 0 Å². The Morgan fingerprint density at radius 1 is 0.857 bits per heavy atom. The highest BCUT2D eigenvalue weighted by atomic mass is 16.5. The number of amides is 1. The summed E-state index contributed by atoms with van der Waals surface area (Å²) in [6.07, 6.45) is 0.875. The van der Waals surface area contributed by atoms with E-state index in [-0.39, 0.29) is 11.9 Å². The lowest BCUT2D eigenvalue weighted by molar-refractivity contribution is 0.0932. The molecule has 1 amide bonds. The fourth-order valence-electron chi connectivity index (χ4n) is 3.27. The highest BCUT2D eigenvalue weighted by molar-refractivity contribution is 5.95. The first-order valence-electron chi connectivity index (χ1n) is 9.67. The van der Waals surface area contributed by atoms with Crippen LogP contribution in [0.15, 0.2) is 78.9 Å². The van der Waals surface area contributed by atoms with Crippen LogP contribution in [0.2, 0.25) is 0 Å². The third-order valence-corrected chi connectivity index (χ3v) is 4.78. The zero-order chi connectivity index (χ0) is 19.9. The third-order valence-electron chi connectivity index (χ3n) is 4.78. The van der Waals surface area contributed by atoms with Gasteiger partial charge >= 0.3 is 0 Å². The Morgan fingerprint density at radius 3 is 2.04 bits per heavy atom. The Balaban J connectivity index is 1.75. The van der Waals surface area contributed by atoms with Crippen molar-refractivity contribution in [3.05, 3.63) is 90.0 Å². The lowest BCUT2D eigenvalue weighted by atomic mass is 9.96. The van der Waals surface area contributed by atoms with Gasteiger partial charge in [-0.25, -0.2) is 0 Å². The molecule has 0 saturated heterocycles. The van der Waals surface area contributed by atoms with Gasteiger partial charge in [0.25, 0.3) is 5.91 Å². The number of nitrogens with one attached hydrogen (secondary N) is 1. The molecule has 144 valence electrons. The molecule has 0 aliphatic rings. The summed E-state index contributed by atoms with van der Waals surface area (Å²) in [4.78, 5) is 12.8. The zero-order valence-electron chi connectivity index (χ0n) is 16.7. The number of hydrogen-bond acceptors (Lipinski definition) is 2. The normalized spacial score (nSPS) is 11.9. The summed E-state index contributed by atoms with van der Waals surface area (Å²) in [5.41, 5.74) is 4.00. The fraction of sp³-hybridized carbons (Fsp3) is 0.240. The van der Waals surface area contributed by atoms with Crippen LogP contribution < -0.4 is 10.1 Å². The summed E-state index contributed by atoms with van der Waals surface area (Å²) >= 11 is 0. The lowest BCUT2D eigenvalue weighted by Gasteiger charge is -2.21. The largest absolute Gasteiger partial charge is 0.497 e. The van der Waals surface area contributed by atoms with Crippen molar-refractivity contribution in [1.29, 1.82) is 0 Å². The minimum absolute atomic E-state index is 0.0350. The third kappa shape index (κ3) is 5.01. The molecule has 0 heterocycles. The predicted molar refractivity (Wildman–Crippen MR) is 115 cm³/mol. The molecule has 1 N–H and O–H groups in total. The Morgan fingerprint density at radius 2 is 1.46 bits per heavy atom. The van der Waals surface area contributed by atoms with Crippen LogP contribution in [-0.2, 0) is 0 Å². The molecule has 3 nitrogen and oxygen atoms in total. The number of benzene rings is 3. The summed E-state index contributed by atoms with van der Waals surface area (Å²) in [6.45, 7) is 4.33. The second-order valence-corrected chi connectivity index (χ2v) is 7.37. The standard InChI is InChI=1S/C25H27NO2/c1-18(2)17-24(21-13-15-23(28-3)16-14-21)26-25(27)22-11-9-20(10-12-22)19-7-5-4-6-8-19/h4-16,18,24H,17H2,1-3H3,(H,26,27). The Hall–Kier alpha value is -3.07. The topological polar surface area (TPSA) is 38.3 Å². The summed E-state index contributed by atoms with van der Waals surface area (Å²) in [5.74, 6) is 1.23. The molecule has 3 aromatic carbocycles. The molecular formula is C25H27NO2. The highest BCUT2D eigenvalue weighted by Crippen LogP contribution is 2.25. The molecule has 0 radical (unpaired) electrons. The summed E-state index contributed by atoms with van der Waals surface area (Å²) in [5, 5.41) is 3.20. The Labute approximate surface area is 167 Å². The van der Waals surface area contributed by atoms with Crippen LogP contribution in [0.3, 0.4) is 0 Å². The van der Waals surface area contributed by atoms with Crippen LogP contribution in [0.25, 0.3) is 11.1 Å². The first-order chi connectivity index (χ1) is 13.6. The summed E-state index contributed by atoms with van der Waals surface area (Å²) < 4.78 is 5.24. The summed E-state index contributed by atoms with van der Waals surface area (Å²) in [7, 11) is 1.65. The van der Waals surface area contributed by atoms with E-state index in [0.717, 1.165) is 28.9 Å². The Bertz CT molecular complexity index is 884. The average Bonchev–Trinajstić information content (AvgIpc) is 2.74. The second kappa shape index (κ2) is 9.23. The molecule has 3 aromatic rings. The SMILES string of the molecule is COc1ccc(C(CC(C)C)NC(=O)c2ccc(-c3ccccc3)cc2)cc1. The molecule has 0 aliphatic heterocycles. The van der Waals surface area contributed by atoms with E-state index < -0.39 is 0 Å². The van der Waals surface area contributed by atoms with Gasteiger partial charge in [-0.05, 0) is 53.3 Å². The number of carbonyl (C=O) groups excluding carboxylic acids is 1. The van der Waals surface area contributed by atoms with E-state index in [4.69, 9.17) is 4.74 Å². The van der Waals surface area contributed by atoms with Crippen LogP contribution in [0.4, 0.5) is 0 Å². The molecule has 0 spiro atoms. The van der Waals surface area contributed by atoms with Gasteiger partial charge in [-0.3, -0.25) is 4.79 Å². The van der Waals surface area contributed by atoms with Gasteiger partial charge in [0.1, 0.15) is 5.75 Å². The summed E-state index contributed by atoms with van der Waals surface area (Å²) in [6, 6.07) is 25.8. The molecular weight excluding hydrogens is 346 g/mol. The monoisotopic (exact) mass is 373 g/mol. The smallest absolute Gasteiger partial charge is 0.251 e. The highest BCUT2D eigenvalue weighted by Gasteiger charge is 2.17. The van der Waals surface area contributed by atoms with Gasteiger partial charge in [-0.1, -0.05) is 68.4 Å². The number of hydrogen-bond donors (Lipinski definition) is 1. The first kappa shape index (κ1) is 19.7. The molecule has 3 heteroatoms. The molecule has 0 aromatic heterocycles. The minimum Gasteiger partial charge on any atom is -0.497 e. The quantitative estimate of drug-likeness (QED) is 0.562. The maximum atomic E-state index is 12.8. The van der Waals surface area contributed by atoms with Gasteiger partial charge in [-0.2, -0.15) is 0 Å². The zero-order valence-corrected chi connectivity index (χ0v) is 16.7. The van der Waals surface area contributed by atoms with E-state index in [2.05, 4.69) is 31.3 Å². The van der Waals surface area contributed by atoms with Crippen molar-refractivity contribution in [2.24, 2.45) is 5.92 Å². The van der Waals surface area contributed by atoms with Crippen LogP contribution in [-0.4, -0.2) is 13.0 Å². The van der Waals surface area contributed by atoms with E-state index in [1.807, 2.05) is 66.7 Å². The predicted octanol–water partition coefficient (Wildman–Crippen LogP) is 5.88. The van der Waals surface area contributed by atoms with Gasteiger partial charge in [0.05, 0.1) is 13.2 Å². The van der Waals surface area contributed by atoms with Gasteiger partial charge < -0.3 is 10.1 Å². The van der Waals surface area contributed by atoms with Crippen LogP contribution in [0, 0.1) is 5.92 Å². The molecule has 0 aliphatic carbocycles. The van der Waals surface area contributed by atoms with Crippen molar-refractivity contribution in [2.45, 2.75) is 26.3 Å². The minimum atomic E-state index is -0.0546. The molecule has 0 saturated carbocycles. The van der Waals surface area contributed by atoms with E-state index >= 15 is 0 Å². The van der Waals surface area contributed by atoms with Crippen molar-refractivity contribution < 1.29 is 9.53 Å². The van der Waals surface area contributed by atoms with Crippen LogP contribution in [0.1, 0.15) is 42.2 Å². The van der Waals surface area contributed by atoms with Crippen molar-refractivity contribution in [3.63, 3.8) is 0 Å². The number of methoxy groups -OCH3 is 1. The van der Waals surface area contributed by atoms with E-state index in [1.165, 1.54) is 0 Å². The molecule has 0 fully saturated rings. The van der Waals surface area contributed by atoms with Crippen molar-refractivity contribution >= 4 is 5.91 Å². The van der Waals surface area contributed by atoms with Gasteiger partial charge in [0.2, 0.25) is 0 Å². The maximum absolute atomic E-state index is 12.8. The molecule has 28 heavy (non-hydrogen) atoms. The number of rotatable bonds is 7. The molecule has 1 atom stereocenters. The fourth-order valence-corrected chi connectivity index (χ4v) is 3.27. The number of carbonyl (C=O) groups is 1. The van der Waals surface area contributed by atoms with Crippen molar-refractivity contribution in [1.82, 2.24) is 5.32 Å². The Kier molecular flexibility index (Phi) is 6.49. The van der Waals surface area contributed by atoms with Crippen molar-refractivity contribution in [2.75, 3.05) is 7.11 Å². The van der Waals surface area contributed by atoms with Crippen molar-refractivity contribution in [3.8, 4) is 16.9 Å². The number of ether oxygens (including phenoxy) is 1. The van der Waals surface area contributed by atoms with E-state index in [0.29, 0.717) is 11.5 Å².